The fraction of sp³-hybridized carbons (Fsp3) is 0.519. The SMILES string of the molecule is CCC(C)C(NC(=O)C(N)Cc1c[nH]c2ccccc12)C(=O)NC(CC(=O)O)C(=O)NC(CCCCN)C(=O)O. The highest BCUT2D eigenvalue weighted by Gasteiger charge is 2.33. The van der Waals surface area contributed by atoms with Gasteiger partial charge >= 0.3 is 11.9 Å². The van der Waals surface area contributed by atoms with Crippen LogP contribution in [0.15, 0.2) is 30.5 Å². The fourth-order valence-electron chi connectivity index (χ4n) is 4.26. The van der Waals surface area contributed by atoms with Crippen LogP contribution in [0.2, 0.25) is 0 Å². The minimum Gasteiger partial charge on any atom is -0.481 e. The molecule has 0 saturated heterocycles. The number of amides is 3. The topological polar surface area (TPSA) is 230 Å². The first-order valence-corrected chi connectivity index (χ1v) is 13.3. The molecule has 1 aromatic heterocycles. The maximum atomic E-state index is 13.2. The van der Waals surface area contributed by atoms with Gasteiger partial charge in [-0.2, -0.15) is 0 Å². The minimum atomic E-state index is -1.57. The molecule has 5 atom stereocenters. The number of aromatic amines is 1. The molecule has 1 aromatic carbocycles. The van der Waals surface area contributed by atoms with Crippen molar-refractivity contribution in [2.75, 3.05) is 6.54 Å². The van der Waals surface area contributed by atoms with Gasteiger partial charge in [0.15, 0.2) is 0 Å². The minimum absolute atomic E-state index is 0.0892. The number of carboxylic acids is 2. The van der Waals surface area contributed by atoms with E-state index in [1.54, 1.807) is 13.1 Å². The molecule has 40 heavy (non-hydrogen) atoms. The number of carbonyl (C=O) groups excluding carboxylic acids is 3. The zero-order valence-electron chi connectivity index (χ0n) is 22.8. The number of rotatable bonds is 17. The van der Waals surface area contributed by atoms with Crippen molar-refractivity contribution in [3.8, 4) is 0 Å². The first-order chi connectivity index (χ1) is 19.0. The van der Waals surface area contributed by atoms with Gasteiger partial charge in [-0.05, 0) is 49.8 Å². The number of benzene rings is 1. The Balaban J connectivity index is 2.13. The highest BCUT2D eigenvalue weighted by molar-refractivity contribution is 5.96. The van der Waals surface area contributed by atoms with Crippen molar-refractivity contribution in [1.29, 1.82) is 0 Å². The third-order valence-corrected chi connectivity index (χ3v) is 6.82. The molecule has 2 aromatic rings. The number of nitrogens with two attached hydrogens (primary N) is 2. The van der Waals surface area contributed by atoms with E-state index < -0.39 is 60.2 Å². The highest BCUT2D eigenvalue weighted by Crippen LogP contribution is 2.19. The predicted octanol–water partition coefficient (Wildman–Crippen LogP) is 0.227. The first-order valence-electron chi connectivity index (χ1n) is 13.3. The fourth-order valence-corrected chi connectivity index (χ4v) is 4.26. The molecule has 13 nitrogen and oxygen atoms in total. The molecule has 10 N–H and O–H groups in total. The van der Waals surface area contributed by atoms with Gasteiger partial charge in [0.2, 0.25) is 17.7 Å². The van der Waals surface area contributed by atoms with E-state index >= 15 is 0 Å². The lowest BCUT2D eigenvalue weighted by atomic mass is 9.96. The van der Waals surface area contributed by atoms with E-state index in [1.807, 2.05) is 31.2 Å². The van der Waals surface area contributed by atoms with Gasteiger partial charge in [0.05, 0.1) is 12.5 Å². The number of carboxylic acid groups (broad SMARTS) is 2. The van der Waals surface area contributed by atoms with Crippen molar-refractivity contribution in [2.24, 2.45) is 17.4 Å². The second-order valence-corrected chi connectivity index (χ2v) is 9.88. The van der Waals surface area contributed by atoms with E-state index in [1.165, 1.54) is 0 Å². The van der Waals surface area contributed by atoms with Crippen LogP contribution in [0.4, 0.5) is 0 Å². The second-order valence-electron chi connectivity index (χ2n) is 9.88. The number of hydrogen-bond donors (Lipinski definition) is 8. The lowest BCUT2D eigenvalue weighted by Gasteiger charge is -2.27. The van der Waals surface area contributed by atoms with Crippen molar-refractivity contribution in [1.82, 2.24) is 20.9 Å². The molecular formula is C27H40N6O7. The second kappa shape index (κ2) is 15.6. The number of para-hydroxylation sites is 1. The lowest BCUT2D eigenvalue weighted by Crippen LogP contribution is -2.59. The van der Waals surface area contributed by atoms with Crippen molar-refractivity contribution >= 4 is 40.6 Å². The molecule has 1 heterocycles. The van der Waals surface area contributed by atoms with Crippen LogP contribution in [0.3, 0.4) is 0 Å². The van der Waals surface area contributed by atoms with Gasteiger partial charge < -0.3 is 42.6 Å². The summed E-state index contributed by atoms with van der Waals surface area (Å²) in [5, 5.41) is 27.0. The zero-order chi connectivity index (χ0) is 29.8. The van der Waals surface area contributed by atoms with Crippen molar-refractivity contribution < 1.29 is 34.2 Å². The predicted molar refractivity (Wildman–Crippen MR) is 148 cm³/mol. The number of aromatic nitrogens is 1. The third-order valence-electron chi connectivity index (χ3n) is 6.82. The monoisotopic (exact) mass is 560 g/mol. The van der Waals surface area contributed by atoms with Crippen LogP contribution >= 0.6 is 0 Å². The molecular weight excluding hydrogens is 520 g/mol. The summed E-state index contributed by atoms with van der Waals surface area (Å²) in [6, 6.07) is 2.61. The molecule has 2 rings (SSSR count). The van der Waals surface area contributed by atoms with Crippen molar-refractivity contribution in [3.63, 3.8) is 0 Å². The van der Waals surface area contributed by atoms with E-state index in [4.69, 9.17) is 11.5 Å². The Morgan fingerprint density at radius 1 is 0.950 bits per heavy atom. The molecule has 0 fully saturated rings. The normalized spacial score (nSPS) is 14.9. The largest absolute Gasteiger partial charge is 0.481 e. The van der Waals surface area contributed by atoms with Crippen LogP contribution in [0.25, 0.3) is 10.9 Å². The molecule has 13 heteroatoms. The van der Waals surface area contributed by atoms with E-state index in [-0.39, 0.29) is 18.8 Å². The van der Waals surface area contributed by atoms with Crippen molar-refractivity contribution in [3.05, 3.63) is 36.0 Å². The molecule has 0 spiro atoms. The molecule has 0 saturated carbocycles. The van der Waals surface area contributed by atoms with Gasteiger partial charge in [-0.25, -0.2) is 4.79 Å². The van der Waals surface area contributed by atoms with Gasteiger partial charge in [0.25, 0.3) is 0 Å². The number of unbranched alkanes of at least 4 members (excludes halogenated alkanes) is 1. The number of carbonyl (C=O) groups is 5. The maximum absolute atomic E-state index is 13.2. The molecule has 0 bridgehead atoms. The average Bonchev–Trinajstić information content (AvgIpc) is 3.32. The molecule has 5 unspecified atom stereocenters. The van der Waals surface area contributed by atoms with Crippen LogP contribution < -0.4 is 27.4 Å². The Hall–Kier alpha value is -3.97. The van der Waals surface area contributed by atoms with Crippen LogP contribution in [0.5, 0.6) is 0 Å². The Morgan fingerprint density at radius 2 is 1.62 bits per heavy atom. The first kappa shape index (κ1) is 32.2. The lowest BCUT2D eigenvalue weighted by molar-refractivity contribution is -0.144. The number of aliphatic carboxylic acids is 2. The van der Waals surface area contributed by atoms with Crippen LogP contribution in [0, 0.1) is 5.92 Å². The van der Waals surface area contributed by atoms with Gasteiger partial charge in [-0.15, -0.1) is 0 Å². The summed E-state index contributed by atoms with van der Waals surface area (Å²) in [5.74, 6) is -5.38. The summed E-state index contributed by atoms with van der Waals surface area (Å²) in [4.78, 5) is 65.3. The smallest absolute Gasteiger partial charge is 0.326 e. The Morgan fingerprint density at radius 3 is 2.25 bits per heavy atom. The molecule has 0 aliphatic rings. The summed E-state index contributed by atoms with van der Waals surface area (Å²) in [5.41, 5.74) is 13.3. The number of H-pyrrole nitrogens is 1. The Kier molecular flexibility index (Phi) is 12.6. The zero-order valence-corrected chi connectivity index (χ0v) is 22.8. The molecule has 0 radical (unpaired) electrons. The summed E-state index contributed by atoms with van der Waals surface area (Å²) in [6.07, 6.45) is 2.74. The van der Waals surface area contributed by atoms with E-state index in [9.17, 15) is 34.2 Å². The van der Waals surface area contributed by atoms with Crippen LogP contribution in [0.1, 0.15) is 51.5 Å². The van der Waals surface area contributed by atoms with Crippen molar-refractivity contribution in [2.45, 2.75) is 76.5 Å². The van der Waals surface area contributed by atoms with E-state index in [0.717, 1.165) is 16.5 Å². The summed E-state index contributed by atoms with van der Waals surface area (Å²) in [6.45, 7) is 3.88. The molecule has 3 amide bonds. The van der Waals surface area contributed by atoms with E-state index in [2.05, 4.69) is 20.9 Å². The number of hydrogen-bond acceptors (Lipinski definition) is 7. The quantitative estimate of drug-likeness (QED) is 0.124. The number of fused-ring (bicyclic) bond motifs is 1. The van der Waals surface area contributed by atoms with Crippen LogP contribution in [-0.2, 0) is 30.4 Å². The Bertz CT molecular complexity index is 1180. The highest BCUT2D eigenvalue weighted by atomic mass is 16.4. The maximum Gasteiger partial charge on any atom is 0.326 e. The van der Waals surface area contributed by atoms with Gasteiger partial charge in [-0.1, -0.05) is 38.5 Å². The summed E-state index contributed by atoms with van der Waals surface area (Å²) < 4.78 is 0. The van der Waals surface area contributed by atoms with Gasteiger partial charge in [-0.3, -0.25) is 19.2 Å². The average molecular weight is 561 g/mol. The number of nitrogens with one attached hydrogen (secondary N) is 4. The van der Waals surface area contributed by atoms with Gasteiger partial charge in [0, 0.05) is 17.1 Å². The van der Waals surface area contributed by atoms with Crippen LogP contribution in [-0.4, -0.2) is 75.6 Å². The Labute approximate surface area is 232 Å². The summed E-state index contributed by atoms with van der Waals surface area (Å²) in [7, 11) is 0. The molecule has 0 aliphatic carbocycles. The van der Waals surface area contributed by atoms with Gasteiger partial charge in [0.1, 0.15) is 18.1 Å². The summed E-state index contributed by atoms with van der Waals surface area (Å²) >= 11 is 0. The van der Waals surface area contributed by atoms with E-state index in [0.29, 0.717) is 25.8 Å². The molecule has 220 valence electrons. The standard InChI is InChI=1S/C27H40N6O7/c1-3-15(2)23(33-24(36)18(29)12-16-14-30-19-9-5-4-8-17(16)19)26(38)32-21(13-22(34)35)25(37)31-20(27(39)40)10-6-7-11-28/h4-5,8-9,14-15,18,20-21,23,30H,3,6-7,10-13,28-29H2,1-2H3,(H,31,37)(H,32,38)(H,33,36)(H,34,35)(H,39,40). The molecule has 0 aliphatic heterocycles. The third kappa shape index (κ3) is 9.35.